The molecule has 0 aromatic carbocycles. The largest absolute Gasteiger partial charge is 0.328 e. The third-order valence-corrected chi connectivity index (χ3v) is 3.47. The van der Waals surface area contributed by atoms with Crippen molar-refractivity contribution in [3.63, 3.8) is 0 Å². The predicted octanol–water partition coefficient (Wildman–Crippen LogP) is 2.12. The number of amides is 1. The second-order valence-corrected chi connectivity index (χ2v) is 4.68. The average Bonchev–Trinajstić information content (AvgIpc) is 2.79. The molecule has 2 aliphatic rings. The molecule has 0 saturated carbocycles. The minimum Gasteiger partial charge on any atom is -0.328 e. The lowest BCUT2D eigenvalue weighted by Crippen LogP contribution is -2.55. The van der Waals surface area contributed by atoms with Crippen molar-refractivity contribution in [2.45, 2.75) is 53.1 Å². The van der Waals surface area contributed by atoms with Crippen molar-refractivity contribution < 1.29 is 9.28 Å². The van der Waals surface area contributed by atoms with E-state index in [0.29, 0.717) is 12.1 Å². The summed E-state index contributed by atoms with van der Waals surface area (Å²) in [4.78, 5) is 13.2. The molecule has 0 aliphatic carbocycles. The van der Waals surface area contributed by atoms with E-state index in [0.717, 1.165) is 17.6 Å². The molecule has 0 spiro atoms. The van der Waals surface area contributed by atoms with Crippen LogP contribution >= 0.6 is 0 Å². The standard InChI is InChI=1S/C9H17N2O.2C2H6/c1-7(12)10-5-9-4-8(10)6-11(9,2)3;2*1-2/h8-9H,4-6H2,1-3H3;2*1-2H3/q+1;;. The molecule has 0 aromatic rings. The fourth-order valence-corrected chi connectivity index (χ4v) is 2.65. The zero-order valence-electron chi connectivity index (χ0n) is 12.1. The van der Waals surface area contributed by atoms with E-state index < -0.39 is 0 Å². The van der Waals surface area contributed by atoms with Gasteiger partial charge in [-0.15, -0.1) is 0 Å². The number of quaternary nitrogens is 1. The zero-order chi connectivity index (χ0) is 12.9. The van der Waals surface area contributed by atoms with Gasteiger partial charge in [0.2, 0.25) is 5.91 Å². The molecule has 2 bridgehead atoms. The molecule has 3 nitrogen and oxygen atoms in total. The molecule has 2 atom stereocenters. The van der Waals surface area contributed by atoms with E-state index in [1.165, 1.54) is 6.42 Å². The van der Waals surface area contributed by atoms with E-state index in [2.05, 4.69) is 14.1 Å². The van der Waals surface area contributed by atoms with Crippen LogP contribution in [-0.4, -0.2) is 54.6 Å². The lowest BCUT2D eigenvalue weighted by atomic mass is 10.2. The highest BCUT2D eigenvalue weighted by Gasteiger charge is 2.51. The fourth-order valence-electron chi connectivity index (χ4n) is 2.65. The Hall–Kier alpha value is -0.570. The molecular weight excluding hydrogens is 200 g/mol. The van der Waals surface area contributed by atoms with Gasteiger partial charge in [0.1, 0.15) is 6.04 Å². The van der Waals surface area contributed by atoms with Crippen LogP contribution in [0.5, 0.6) is 0 Å². The summed E-state index contributed by atoms with van der Waals surface area (Å²) in [5, 5.41) is 0. The van der Waals surface area contributed by atoms with Gasteiger partial charge in [-0.1, -0.05) is 27.7 Å². The van der Waals surface area contributed by atoms with Crippen LogP contribution in [0, 0.1) is 0 Å². The summed E-state index contributed by atoms with van der Waals surface area (Å²) in [7, 11) is 4.53. The lowest BCUT2D eigenvalue weighted by molar-refractivity contribution is -0.906. The van der Waals surface area contributed by atoms with Crippen LogP contribution in [0.15, 0.2) is 0 Å². The topological polar surface area (TPSA) is 20.3 Å². The quantitative estimate of drug-likeness (QED) is 0.583. The summed E-state index contributed by atoms with van der Waals surface area (Å²) >= 11 is 0. The first-order valence-corrected chi connectivity index (χ1v) is 6.60. The zero-order valence-corrected chi connectivity index (χ0v) is 12.1. The van der Waals surface area contributed by atoms with Gasteiger partial charge in [0.15, 0.2) is 0 Å². The van der Waals surface area contributed by atoms with Crippen molar-refractivity contribution in [3.05, 3.63) is 0 Å². The Balaban J connectivity index is 0.000000509. The number of carbonyl (C=O) groups is 1. The van der Waals surface area contributed by atoms with Crippen LogP contribution < -0.4 is 0 Å². The third kappa shape index (κ3) is 2.97. The van der Waals surface area contributed by atoms with Gasteiger partial charge >= 0.3 is 0 Å². The highest BCUT2D eigenvalue weighted by atomic mass is 16.2. The number of fused-ring (bicyclic) bond motifs is 2. The number of piperazine rings is 1. The predicted molar refractivity (Wildman–Crippen MR) is 69.3 cm³/mol. The van der Waals surface area contributed by atoms with Gasteiger partial charge < -0.3 is 9.38 Å². The summed E-state index contributed by atoms with van der Waals surface area (Å²) in [5.41, 5.74) is 0. The van der Waals surface area contributed by atoms with Crippen LogP contribution in [0.1, 0.15) is 41.0 Å². The summed E-state index contributed by atoms with van der Waals surface area (Å²) in [6.07, 6.45) is 1.21. The molecule has 0 aromatic heterocycles. The molecular formula is C13H29N2O+. The van der Waals surface area contributed by atoms with E-state index >= 15 is 0 Å². The number of likely N-dealkylation sites (N-methyl/N-ethyl adjacent to an activating group) is 1. The maximum atomic E-state index is 11.2. The minimum absolute atomic E-state index is 0.252. The van der Waals surface area contributed by atoms with Gasteiger partial charge in [-0.3, -0.25) is 4.79 Å². The van der Waals surface area contributed by atoms with Crippen LogP contribution in [0.3, 0.4) is 0 Å². The smallest absolute Gasteiger partial charge is 0.220 e. The lowest BCUT2D eigenvalue weighted by Gasteiger charge is -2.38. The first kappa shape index (κ1) is 15.4. The van der Waals surface area contributed by atoms with Gasteiger partial charge in [-0.05, 0) is 0 Å². The number of nitrogens with zero attached hydrogens (tertiary/aromatic N) is 2. The molecule has 2 saturated heterocycles. The van der Waals surface area contributed by atoms with Crippen molar-refractivity contribution in [2.24, 2.45) is 0 Å². The van der Waals surface area contributed by atoms with E-state index in [-0.39, 0.29) is 5.91 Å². The Bertz CT molecular complexity index is 226. The highest BCUT2D eigenvalue weighted by Crippen LogP contribution is 2.33. The molecule has 2 aliphatic heterocycles. The third-order valence-electron chi connectivity index (χ3n) is 3.47. The second-order valence-electron chi connectivity index (χ2n) is 4.68. The molecule has 2 rings (SSSR count). The molecule has 96 valence electrons. The Morgan fingerprint density at radius 2 is 1.69 bits per heavy atom. The van der Waals surface area contributed by atoms with E-state index in [1.54, 1.807) is 6.92 Å². The number of hydrogen-bond acceptors (Lipinski definition) is 1. The molecule has 2 unspecified atom stereocenters. The maximum Gasteiger partial charge on any atom is 0.220 e. The fraction of sp³-hybridized carbons (Fsp3) is 0.923. The van der Waals surface area contributed by atoms with Crippen molar-refractivity contribution in [1.29, 1.82) is 0 Å². The summed E-state index contributed by atoms with van der Waals surface area (Å²) in [6.45, 7) is 11.8. The van der Waals surface area contributed by atoms with Crippen LogP contribution in [0.4, 0.5) is 0 Å². The SMILES string of the molecule is CC.CC.CC(=O)N1CC2CC1C[N+]2(C)C. The normalized spacial score (nSPS) is 28.8. The highest BCUT2D eigenvalue weighted by molar-refractivity contribution is 5.74. The molecule has 3 heteroatoms. The second kappa shape index (κ2) is 6.24. The number of carbonyl (C=O) groups excluding carboxylic acids is 1. The first-order chi connectivity index (χ1) is 7.50. The first-order valence-electron chi connectivity index (χ1n) is 6.60. The van der Waals surface area contributed by atoms with Crippen molar-refractivity contribution >= 4 is 5.91 Å². The summed E-state index contributed by atoms with van der Waals surface area (Å²) in [5.74, 6) is 0.252. The van der Waals surface area contributed by atoms with E-state index in [4.69, 9.17) is 0 Å². The van der Waals surface area contributed by atoms with Gasteiger partial charge in [-0.2, -0.15) is 0 Å². The van der Waals surface area contributed by atoms with Crippen molar-refractivity contribution in [1.82, 2.24) is 4.90 Å². The molecule has 0 radical (unpaired) electrons. The molecule has 1 amide bonds. The van der Waals surface area contributed by atoms with Gasteiger partial charge in [0.05, 0.1) is 33.2 Å². The van der Waals surface area contributed by atoms with Gasteiger partial charge in [-0.25, -0.2) is 0 Å². The Labute approximate surface area is 101 Å². The number of hydrogen-bond donors (Lipinski definition) is 0. The van der Waals surface area contributed by atoms with E-state index in [9.17, 15) is 4.79 Å². The molecule has 16 heavy (non-hydrogen) atoms. The summed E-state index contributed by atoms with van der Waals surface area (Å²) in [6, 6.07) is 1.22. The Kier molecular flexibility index (Phi) is 6.01. The van der Waals surface area contributed by atoms with Gasteiger partial charge in [0, 0.05) is 13.3 Å². The molecule has 2 fully saturated rings. The number of likely N-dealkylation sites (tertiary alicyclic amines) is 2. The van der Waals surface area contributed by atoms with Crippen molar-refractivity contribution in [3.8, 4) is 0 Å². The van der Waals surface area contributed by atoms with Crippen LogP contribution in [0.25, 0.3) is 0 Å². The maximum absolute atomic E-state index is 11.2. The summed E-state index contributed by atoms with van der Waals surface area (Å²) < 4.78 is 1.11. The molecule has 0 N–H and O–H groups in total. The van der Waals surface area contributed by atoms with Crippen LogP contribution in [0.2, 0.25) is 0 Å². The van der Waals surface area contributed by atoms with Crippen LogP contribution in [-0.2, 0) is 4.79 Å². The van der Waals surface area contributed by atoms with Gasteiger partial charge in [0.25, 0.3) is 0 Å². The monoisotopic (exact) mass is 229 g/mol. The van der Waals surface area contributed by atoms with E-state index in [1.807, 2.05) is 32.6 Å². The minimum atomic E-state index is 0.252. The molecule has 2 heterocycles. The number of rotatable bonds is 0. The average molecular weight is 229 g/mol. The Morgan fingerprint density at radius 3 is 1.94 bits per heavy atom. The van der Waals surface area contributed by atoms with Crippen molar-refractivity contribution in [2.75, 3.05) is 27.2 Å². The Morgan fingerprint density at radius 1 is 1.19 bits per heavy atom.